The third-order valence-corrected chi connectivity index (χ3v) is 3.62. The Bertz CT molecular complexity index is 615. The van der Waals surface area contributed by atoms with Crippen molar-refractivity contribution in [1.29, 1.82) is 0 Å². The van der Waals surface area contributed by atoms with Crippen LogP contribution in [0.5, 0.6) is 0 Å². The lowest BCUT2D eigenvalue weighted by Crippen LogP contribution is -1.99. The van der Waals surface area contributed by atoms with Gasteiger partial charge in [-0.2, -0.15) is 0 Å². The molecule has 0 bridgehead atoms. The molecule has 1 aromatic heterocycles. The van der Waals surface area contributed by atoms with Gasteiger partial charge in [0.1, 0.15) is 5.82 Å². The number of ketones is 1. The van der Waals surface area contributed by atoms with Crippen molar-refractivity contribution < 1.29 is 9.18 Å². The predicted octanol–water partition coefficient (Wildman–Crippen LogP) is 3.58. The average Bonchev–Trinajstić information content (AvgIpc) is 2.70. The number of benzene rings is 1. The number of rotatable bonds is 2. The smallest absolute Gasteiger partial charge is 0.164 e. The fourth-order valence-corrected chi connectivity index (χ4v) is 2.68. The molecule has 0 spiro atoms. The molecule has 0 radical (unpaired) electrons. The Kier molecular flexibility index (Phi) is 3.20. The topological polar surface area (TPSA) is 22.0 Å². The van der Waals surface area contributed by atoms with Gasteiger partial charge in [-0.1, -0.05) is 12.1 Å². The van der Waals surface area contributed by atoms with Crippen molar-refractivity contribution >= 4 is 5.78 Å². The molecule has 1 heterocycles. The number of aromatic nitrogens is 1. The molecule has 3 rings (SSSR count). The minimum Gasteiger partial charge on any atom is -0.349 e. The van der Waals surface area contributed by atoms with Gasteiger partial charge in [-0.25, -0.2) is 4.39 Å². The van der Waals surface area contributed by atoms with Crippen LogP contribution in [-0.2, 0) is 13.0 Å². The first kappa shape index (κ1) is 12.2. The quantitative estimate of drug-likeness (QED) is 0.754. The molecule has 1 aromatic carbocycles. The molecule has 19 heavy (non-hydrogen) atoms. The van der Waals surface area contributed by atoms with E-state index in [0.29, 0.717) is 13.0 Å². The van der Waals surface area contributed by atoms with E-state index in [1.54, 1.807) is 6.07 Å². The molecule has 0 saturated carbocycles. The van der Waals surface area contributed by atoms with Crippen LogP contribution in [0.15, 0.2) is 36.7 Å². The van der Waals surface area contributed by atoms with E-state index in [1.165, 1.54) is 12.1 Å². The Morgan fingerprint density at radius 3 is 2.84 bits per heavy atom. The van der Waals surface area contributed by atoms with Gasteiger partial charge >= 0.3 is 0 Å². The maximum atomic E-state index is 13.1. The zero-order valence-corrected chi connectivity index (χ0v) is 10.7. The van der Waals surface area contributed by atoms with E-state index in [4.69, 9.17) is 0 Å². The van der Waals surface area contributed by atoms with Crippen molar-refractivity contribution in [1.82, 2.24) is 4.57 Å². The predicted molar refractivity (Wildman–Crippen MR) is 71.8 cm³/mol. The third-order valence-electron chi connectivity index (χ3n) is 3.62. The van der Waals surface area contributed by atoms with Gasteiger partial charge in [0.2, 0.25) is 0 Å². The minimum absolute atomic E-state index is 0.220. The number of hydrogen-bond donors (Lipinski definition) is 0. The Morgan fingerprint density at radius 1 is 1.16 bits per heavy atom. The van der Waals surface area contributed by atoms with Crippen LogP contribution in [0.4, 0.5) is 4.39 Å². The maximum Gasteiger partial charge on any atom is 0.164 e. The molecule has 1 aliphatic rings. The second-order valence-corrected chi connectivity index (χ2v) is 5.13. The highest BCUT2D eigenvalue weighted by Gasteiger charge is 2.17. The van der Waals surface area contributed by atoms with E-state index in [-0.39, 0.29) is 11.6 Å². The molecule has 0 N–H and O–H groups in total. The second-order valence-electron chi connectivity index (χ2n) is 5.13. The standard InChI is InChI=1S/C16H16FNO/c17-14-6-3-4-12(8-14)9-18-10-13-5-1-2-7-16(19)15(13)11-18/h3-4,6,8,10-11H,1-2,5,7,9H2. The highest BCUT2D eigenvalue weighted by molar-refractivity contribution is 5.97. The van der Waals surface area contributed by atoms with Gasteiger partial charge in [-0.15, -0.1) is 0 Å². The van der Waals surface area contributed by atoms with Crippen LogP contribution in [-0.4, -0.2) is 10.4 Å². The molecule has 3 heteroatoms. The van der Waals surface area contributed by atoms with E-state index in [9.17, 15) is 9.18 Å². The molecular weight excluding hydrogens is 241 g/mol. The molecule has 0 fully saturated rings. The monoisotopic (exact) mass is 257 g/mol. The van der Waals surface area contributed by atoms with Crippen LogP contribution in [0, 0.1) is 5.82 Å². The maximum absolute atomic E-state index is 13.1. The first-order valence-corrected chi connectivity index (χ1v) is 6.69. The van der Waals surface area contributed by atoms with Crippen LogP contribution in [0.2, 0.25) is 0 Å². The zero-order chi connectivity index (χ0) is 13.2. The number of nitrogens with zero attached hydrogens (tertiary/aromatic N) is 1. The molecule has 2 aromatic rings. The number of Topliss-reactive ketones (excluding diaryl/α,β-unsaturated/α-hetero) is 1. The highest BCUT2D eigenvalue weighted by Crippen LogP contribution is 2.22. The van der Waals surface area contributed by atoms with Crippen molar-refractivity contribution in [2.45, 2.75) is 32.2 Å². The van der Waals surface area contributed by atoms with E-state index >= 15 is 0 Å². The molecule has 1 aliphatic carbocycles. The molecule has 0 unspecified atom stereocenters. The van der Waals surface area contributed by atoms with Crippen molar-refractivity contribution in [3.8, 4) is 0 Å². The van der Waals surface area contributed by atoms with E-state index in [0.717, 1.165) is 36.0 Å². The van der Waals surface area contributed by atoms with E-state index in [1.807, 2.05) is 23.0 Å². The van der Waals surface area contributed by atoms with Gasteiger partial charge in [0.05, 0.1) is 0 Å². The molecule has 0 aliphatic heterocycles. The van der Waals surface area contributed by atoms with Gasteiger partial charge in [0, 0.05) is 30.9 Å². The largest absolute Gasteiger partial charge is 0.349 e. The Balaban J connectivity index is 1.87. The highest BCUT2D eigenvalue weighted by atomic mass is 19.1. The average molecular weight is 257 g/mol. The Morgan fingerprint density at radius 2 is 2.00 bits per heavy atom. The summed E-state index contributed by atoms with van der Waals surface area (Å²) >= 11 is 0. The van der Waals surface area contributed by atoms with Crippen LogP contribution in [0.1, 0.15) is 40.7 Å². The molecule has 0 saturated heterocycles. The first-order chi connectivity index (χ1) is 9.22. The van der Waals surface area contributed by atoms with Gasteiger partial charge in [0.15, 0.2) is 5.78 Å². The van der Waals surface area contributed by atoms with Gasteiger partial charge in [-0.05, 0) is 42.5 Å². The van der Waals surface area contributed by atoms with Crippen molar-refractivity contribution in [3.05, 3.63) is 59.2 Å². The lowest BCUT2D eigenvalue weighted by atomic mass is 10.1. The normalized spacial score (nSPS) is 15.1. The van der Waals surface area contributed by atoms with Crippen LogP contribution in [0.25, 0.3) is 0 Å². The summed E-state index contributed by atoms with van der Waals surface area (Å²) in [6.45, 7) is 0.609. The zero-order valence-electron chi connectivity index (χ0n) is 10.7. The number of carbonyl (C=O) groups is 1. The summed E-state index contributed by atoms with van der Waals surface area (Å²) in [4.78, 5) is 12.0. The van der Waals surface area contributed by atoms with Gasteiger partial charge in [0.25, 0.3) is 0 Å². The summed E-state index contributed by atoms with van der Waals surface area (Å²) in [5, 5.41) is 0. The van der Waals surface area contributed by atoms with Crippen LogP contribution < -0.4 is 0 Å². The SMILES string of the molecule is O=C1CCCCc2cn(Cc3cccc(F)c3)cc21. The number of fused-ring (bicyclic) bond motifs is 1. The Labute approximate surface area is 111 Å². The fraction of sp³-hybridized carbons (Fsp3) is 0.312. The molecule has 0 amide bonds. The molecule has 2 nitrogen and oxygen atoms in total. The number of hydrogen-bond acceptors (Lipinski definition) is 1. The van der Waals surface area contributed by atoms with E-state index in [2.05, 4.69) is 0 Å². The molecule has 0 atom stereocenters. The summed E-state index contributed by atoms with van der Waals surface area (Å²) in [6.07, 6.45) is 7.62. The molecular formula is C16H16FNO. The van der Waals surface area contributed by atoms with Crippen molar-refractivity contribution in [2.75, 3.05) is 0 Å². The number of carbonyl (C=O) groups excluding carboxylic acids is 1. The summed E-state index contributed by atoms with van der Waals surface area (Å²) in [6, 6.07) is 6.59. The summed E-state index contributed by atoms with van der Waals surface area (Å²) in [5.41, 5.74) is 2.91. The van der Waals surface area contributed by atoms with Crippen molar-refractivity contribution in [3.63, 3.8) is 0 Å². The molecule has 98 valence electrons. The lowest BCUT2D eigenvalue weighted by Gasteiger charge is -2.03. The fourth-order valence-electron chi connectivity index (χ4n) is 2.68. The third kappa shape index (κ3) is 2.60. The second kappa shape index (κ2) is 5.00. The first-order valence-electron chi connectivity index (χ1n) is 6.69. The van der Waals surface area contributed by atoms with Crippen molar-refractivity contribution in [2.24, 2.45) is 0 Å². The minimum atomic E-state index is -0.220. The number of halogens is 1. The van der Waals surface area contributed by atoms with Gasteiger partial charge in [-0.3, -0.25) is 4.79 Å². The van der Waals surface area contributed by atoms with Crippen LogP contribution >= 0.6 is 0 Å². The summed E-state index contributed by atoms with van der Waals surface area (Å²) in [7, 11) is 0. The summed E-state index contributed by atoms with van der Waals surface area (Å²) in [5.74, 6) is 0.0211. The summed E-state index contributed by atoms with van der Waals surface area (Å²) < 4.78 is 15.1. The van der Waals surface area contributed by atoms with Crippen LogP contribution in [0.3, 0.4) is 0 Å². The lowest BCUT2D eigenvalue weighted by molar-refractivity contribution is 0.0982. The number of aryl methyl sites for hydroxylation is 1. The van der Waals surface area contributed by atoms with Gasteiger partial charge < -0.3 is 4.57 Å². The Hall–Kier alpha value is -1.90. The van der Waals surface area contributed by atoms with E-state index < -0.39 is 0 Å².